The molecule has 1 rings (SSSR count). The number of hydrogen-bond acceptors (Lipinski definition) is 4. The highest BCUT2D eigenvalue weighted by molar-refractivity contribution is 5.80. The van der Waals surface area contributed by atoms with Crippen molar-refractivity contribution in [3.05, 3.63) is 12.7 Å². The Labute approximate surface area is 106 Å². The molecule has 2 atom stereocenters. The first-order chi connectivity index (χ1) is 8.77. The van der Waals surface area contributed by atoms with E-state index in [0.717, 1.165) is 0 Å². The fourth-order valence-corrected chi connectivity index (χ4v) is 1.47. The van der Waals surface area contributed by atoms with Crippen molar-refractivity contribution < 1.29 is 37.3 Å². The summed E-state index contributed by atoms with van der Waals surface area (Å²) >= 11 is 0. The van der Waals surface area contributed by atoms with Gasteiger partial charge in [0, 0.05) is 0 Å². The van der Waals surface area contributed by atoms with E-state index in [4.69, 9.17) is 5.11 Å². The predicted octanol–water partition coefficient (Wildman–Crippen LogP) is 1.03. The first-order valence-corrected chi connectivity index (χ1v) is 5.22. The first-order valence-electron chi connectivity index (χ1n) is 5.22. The molecule has 6 nitrogen and oxygen atoms in total. The quantitative estimate of drug-likeness (QED) is 0.783. The number of hydrogen-bond donors (Lipinski definition) is 1. The van der Waals surface area contributed by atoms with Crippen LogP contribution < -0.4 is 0 Å². The van der Waals surface area contributed by atoms with Crippen LogP contribution in [0.3, 0.4) is 0 Å². The Hall–Kier alpha value is -1.77. The van der Waals surface area contributed by atoms with Crippen LogP contribution >= 0.6 is 0 Å². The van der Waals surface area contributed by atoms with E-state index in [-0.39, 0.29) is 6.61 Å². The number of halogens is 3. The number of rotatable bonds is 3. The molecule has 9 heteroatoms. The highest BCUT2D eigenvalue weighted by Crippen LogP contribution is 2.27. The number of nitrogens with zero attached hydrogens (tertiary/aromatic N) is 1. The second-order valence-electron chi connectivity index (χ2n) is 3.74. The zero-order valence-corrected chi connectivity index (χ0v) is 9.72. The minimum atomic E-state index is -4.68. The van der Waals surface area contributed by atoms with Crippen molar-refractivity contribution in [2.75, 3.05) is 19.8 Å². The van der Waals surface area contributed by atoms with E-state index in [1.807, 2.05) is 0 Å². The molecule has 0 aromatic carbocycles. The van der Waals surface area contributed by atoms with Gasteiger partial charge in [-0.05, 0) is 0 Å². The van der Waals surface area contributed by atoms with E-state index in [9.17, 15) is 22.8 Å². The van der Waals surface area contributed by atoms with Gasteiger partial charge in [-0.25, -0.2) is 9.59 Å². The lowest BCUT2D eigenvalue weighted by molar-refractivity contribution is -0.242. The summed E-state index contributed by atoms with van der Waals surface area (Å²) in [6.07, 6.45) is -6.83. The summed E-state index contributed by atoms with van der Waals surface area (Å²) in [6.45, 7) is 1.38. The Bertz CT molecular complexity index is 371. The van der Waals surface area contributed by atoms with Gasteiger partial charge < -0.3 is 14.6 Å². The third-order valence-corrected chi connectivity index (χ3v) is 2.40. The van der Waals surface area contributed by atoms with Crippen LogP contribution in [0.5, 0.6) is 0 Å². The highest BCUT2D eigenvalue weighted by Gasteiger charge is 2.48. The molecule has 0 spiro atoms. The minimum absolute atomic E-state index is 0.223. The molecule has 0 bridgehead atoms. The van der Waals surface area contributed by atoms with E-state index in [1.54, 1.807) is 0 Å². The third kappa shape index (κ3) is 3.85. The Morgan fingerprint density at radius 2 is 2.16 bits per heavy atom. The highest BCUT2D eigenvalue weighted by atomic mass is 19.4. The lowest BCUT2D eigenvalue weighted by atomic mass is 10.2. The van der Waals surface area contributed by atoms with E-state index < -0.39 is 43.5 Å². The summed E-state index contributed by atoms with van der Waals surface area (Å²) in [4.78, 5) is 22.9. The molecule has 1 aliphatic heterocycles. The van der Waals surface area contributed by atoms with Crippen LogP contribution in [0.15, 0.2) is 12.7 Å². The number of carbonyl (C=O) groups excluding carboxylic acids is 1. The standard InChI is InChI=1S/C10H12F3NO5/c1-2-3-18-9(17)14-4-7(10(11,12)13)19-5-6(14)8(15)16/h2,6-7H,1,3-5H2,(H,15,16)/t6-,7-/m0/s1. The van der Waals surface area contributed by atoms with Crippen LogP contribution in [-0.4, -0.2) is 60.1 Å². The molecule has 0 unspecified atom stereocenters. The number of aliphatic carboxylic acids is 1. The van der Waals surface area contributed by atoms with Crippen molar-refractivity contribution in [1.82, 2.24) is 4.90 Å². The molecule has 1 amide bonds. The van der Waals surface area contributed by atoms with Gasteiger partial charge >= 0.3 is 18.2 Å². The van der Waals surface area contributed by atoms with Crippen molar-refractivity contribution in [1.29, 1.82) is 0 Å². The van der Waals surface area contributed by atoms with E-state index >= 15 is 0 Å². The average molecular weight is 283 g/mol. The average Bonchev–Trinajstić information content (AvgIpc) is 2.33. The van der Waals surface area contributed by atoms with Crippen LogP contribution in [0.1, 0.15) is 0 Å². The number of morpholine rings is 1. The molecule has 0 aliphatic carbocycles. The van der Waals surface area contributed by atoms with Gasteiger partial charge in [-0.1, -0.05) is 12.7 Å². The van der Waals surface area contributed by atoms with E-state index in [1.165, 1.54) is 6.08 Å². The van der Waals surface area contributed by atoms with Gasteiger partial charge in [-0.2, -0.15) is 13.2 Å². The minimum Gasteiger partial charge on any atom is -0.480 e. The number of carboxylic acid groups (broad SMARTS) is 1. The molecular formula is C10H12F3NO5. The molecule has 0 aromatic rings. The maximum Gasteiger partial charge on any atom is 0.416 e. The number of carboxylic acids is 1. The first kappa shape index (κ1) is 15.3. The van der Waals surface area contributed by atoms with Crippen molar-refractivity contribution in [3.8, 4) is 0 Å². The summed E-state index contributed by atoms with van der Waals surface area (Å²) in [5, 5.41) is 8.84. The molecule has 1 fully saturated rings. The van der Waals surface area contributed by atoms with Gasteiger partial charge in [-0.15, -0.1) is 0 Å². The van der Waals surface area contributed by atoms with Crippen LogP contribution in [0.25, 0.3) is 0 Å². The molecule has 1 N–H and O–H groups in total. The summed E-state index contributed by atoms with van der Waals surface area (Å²) in [6, 6.07) is -1.50. The smallest absolute Gasteiger partial charge is 0.416 e. The molecule has 0 aromatic heterocycles. The molecule has 1 saturated heterocycles. The Kier molecular flexibility index (Phi) is 4.76. The summed E-state index contributed by atoms with van der Waals surface area (Å²) < 4.78 is 46.5. The van der Waals surface area contributed by atoms with Crippen LogP contribution in [-0.2, 0) is 14.3 Å². The Balaban J connectivity index is 2.81. The molecular weight excluding hydrogens is 271 g/mol. The lowest BCUT2D eigenvalue weighted by Gasteiger charge is -2.37. The summed E-state index contributed by atoms with van der Waals surface area (Å²) in [7, 11) is 0. The summed E-state index contributed by atoms with van der Waals surface area (Å²) in [5.74, 6) is -1.46. The lowest BCUT2D eigenvalue weighted by Crippen LogP contribution is -2.58. The van der Waals surface area contributed by atoms with E-state index in [2.05, 4.69) is 16.1 Å². The van der Waals surface area contributed by atoms with Crippen LogP contribution in [0.4, 0.5) is 18.0 Å². The third-order valence-electron chi connectivity index (χ3n) is 2.40. The van der Waals surface area contributed by atoms with Crippen molar-refractivity contribution in [3.63, 3.8) is 0 Å². The number of carbonyl (C=O) groups is 2. The second kappa shape index (κ2) is 5.91. The Morgan fingerprint density at radius 3 is 2.63 bits per heavy atom. The zero-order chi connectivity index (χ0) is 14.6. The number of amides is 1. The molecule has 1 aliphatic rings. The largest absolute Gasteiger partial charge is 0.480 e. The van der Waals surface area contributed by atoms with E-state index in [0.29, 0.717) is 4.90 Å². The Morgan fingerprint density at radius 1 is 1.53 bits per heavy atom. The van der Waals surface area contributed by atoms with Crippen LogP contribution in [0, 0.1) is 0 Å². The van der Waals surface area contributed by atoms with Gasteiger partial charge in [-0.3, -0.25) is 4.90 Å². The van der Waals surface area contributed by atoms with Gasteiger partial charge in [0.25, 0.3) is 0 Å². The monoisotopic (exact) mass is 283 g/mol. The van der Waals surface area contributed by atoms with Gasteiger partial charge in [0.2, 0.25) is 0 Å². The SMILES string of the molecule is C=CCOC(=O)N1C[C@@H](C(F)(F)F)OC[C@H]1C(=O)O. The zero-order valence-electron chi connectivity index (χ0n) is 9.72. The van der Waals surface area contributed by atoms with Gasteiger partial charge in [0.15, 0.2) is 12.1 Å². The molecule has 0 saturated carbocycles. The maximum atomic E-state index is 12.5. The van der Waals surface area contributed by atoms with Gasteiger partial charge in [0.05, 0.1) is 13.2 Å². The molecule has 1 heterocycles. The van der Waals surface area contributed by atoms with Crippen molar-refractivity contribution in [2.24, 2.45) is 0 Å². The molecule has 0 radical (unpaired) electrons. The summed E-state index contributed by atoms with van der Waals surface area (Å²) in [5.41, 5.74) is 0. The molecule has 19 heavy (non-hydrogen) atoms. The van der Waals surface area contributed by atoms with Crippen LogP contribution in [0.2, 0.25) is 0 Å². The topological polar surface area (TPSA) is 76.1 Å². The second-order valence-corrected chi connectivity index (χ2v) is 3.74. The van der Waals surface area contributed by atoms with Crippen molar-refractivity contribution in [2.45, 2.75) is 18.3 Å². The fourth-order valence-electron chi connectivity index (χ4n) is 1.47. The predicted molar refractivity (Wildman–Crippen MR) is 55.5 cm³/mol. The van der Waals surface area contributed by atoms with Crippen molar-refractivity contribution >= 4 is 12.1 Å². The normalized spacial score (nSPS) is 23.8. The fraction of sp³-hybridized carbons (Fsp3) is 0.600. The molecule has 108 valence electrons. The maximum absolute atomic E-state index is 12.5. The van der Waals surface area contributed by atoms with Gasteiger partial charge in [0.1, 0.15) is 6.61 Å². The number of ether oxygens (including phenoxy) is 2. The number of alkyl halides is 3.